The quantitative estimate of drug-likeness (QED) is 0.815. The molecule has 2 heterocycles. The van der Waals surface area contributed by atoms with Crippen molar-refractivity contribution in [3.8, 4) is 0 Å². The van der Waals surface area contributed by atoms with Crippen molar-refractivity contribution < 1.29 is 9.53 Å². The van der Waals surface area contributed by atoms with E-state index in [4.69, 9.17) is 4.74 Å². The summed E-state index contributed by atoms with van der Waals surface area (Å²) in [7, 11) is 0. The summed E-state index contributed by atoms with van der Waals surface area (Å²) < 4.78 is 4.98. The highest BCUT2D eigenvalue weighted by atomic mass is 16.5. The first-order valence-electron chi connectivity index (χ1n) is 5.75. The van der Waals surface area contributed by atoms with Crippen LogP contribution in [0.3, 0.4) is 0 Å². The molecule has 0 saturated carbocycles. The molecule has 0 atom stereocenters. The Kier molecular flexibility index (Phi) is 2.60. The number of nitrogens with one attached hydrogen (secondary N) is 2. The molecule has 1 aromatic carbocycles. The summed E-state index contributed by atoms with van der Waals surface area (Å²) >= 11 is 0. The van der Waals surface area contributed by atoms with E-state index >= 15 is 0 Å². The predicted octanol–water partition coefficient (Wildman–Crippen LogP) is 0.657. The molecule has 3 rings (SSSR count). The van der Waals surface area contributed by atoms with Gasteiger partial charge >= 0.3 is 0 Å². The molecule has 5 heteroatoms. The molecule has 18 heavy (non-hydrogen) atoms. The molecule has 0 unspecified atom stereocenters. The summed E-state index contributed by atoms with van der Waals surface area (Å²) in [4.78, 5) is 26.7. The zero-order valence-electron chi connectivity index (χ0n) is 9.60. The average Bonchev–Trinajstić information content (AvgIpc) is 2.33. The molecular weight excluding hydrogens is 232 g/mol. The Morgan fingerprint density at radius 3 is 2.83 bits per heavy atom. The van der Waals surface area contributed by atoms with Gasteiger partial charge in [-0.25, -0.2) is 0 Å². The van der Waals surface area contributed by atoms with Crippen molar-refractivity contribution in [2.45, 2.75) is 6.04 Å². The third-order valence-electron chi connectivity index (χ3n) is 2.96. The number of benzene rings is 1. The number of rotatable bonds is 2. The van der Waals surface area contributed by atoms with E-state index in [1.807, 2.05) is 6.07 Å². The topological polar surface area (TPSA) is 71.2 Å². The van der Waals surface area contributed by atoms with Crippen LogP contribution in [0.15, 0.2) is 35.1 Å². The lowest BCUT2D eigenvalue weighted by molar-refractivity contribution is -0.00354. The first-order valence-corrected chi connectivity index (χ1v) is 5.75. The molecular formula is C13H12N2O3. The van der Waals surface area contributed by atoms with Crippen molar-refractivity contribution in [2.75, 3.05) is 13.2 Å². The number of carbonyl (C=O) groups is 1. The number of hydrogen-bond acceptors (Lipinski definition) is 3. The van der Waals surface area contributed by atoms with Crippen LogP contribution in [0.2, 0.25) is 0 Å². The van der Waals surface area contributed by atoms with Crippen molar-refractivity contribution in [1.82, 2.24) is 10.3 Å². The molecule has 1 fully saturated rings. The number of para-hydroxylation sites is 1. The molecule has 5 nitrogen and oxygen atoms in total. The average molecular weight is 244 g/mol. The Hall–Kier alpha value is -2.14. The number of ether oxygens (including phenoxy) is 1. The van der Waals surface area contributed by atoms with Gasteiger partial charge in [-0.2, -0.15) is 0 Å². The third kappa shape index (κ3) is 1.89. The minimum atomic E-state index is -0.272. The second-order valence-corrected chi connectivity index (χ2v) is 4.30. The van der Waals surface area contributed by atoms with Crippen molar-refractivity contribution >= 4 is 16.8 Å². The standard InChI is InChI=1S/C13H12N2O3/c16-12-5-11(13(17)14-8-6-18-7-8)15-10-4-2-1-3-9(10)12/h1-5,8H,6-7H2,(H,14,17)(H,15,16). The fourth-order valence-corrected chi connectivity index (χ4v) is 1.90. The Balaban J connectivity index is 1.96. The molecule has 0 spiro atoms. The van der Waals surface area contributed by atoms with E-state index < -0.39 is 0 Å². The van der Waals surface area contributed by atoms with Gasteiger partial charge < -0.3 is 15.0 Å². The molecule has 1 saturated heterocycles. The summed E-state index contributed by atoms with van der Waals surface area (Å²) in [5.41, 5.74) is 0.796. The van der Waals surface area contributed by atoms with Gasteiger partial charge in [-0.1, -0.05) is 12.1 Å². The number of H-pyrrole nitrogens is 1. The van der Waals surface area contributed by atoms with Crippen molar-refractivity contribution in [3.05, 3.63) is 46.2 Å². The van der Waals surface area contributed by atoms with Crippen molar-refractivity contribution in [2.24, 2.45) is 0 Å². The van der Waals surface area contributed by atoms with Gasteiger partial charge in [-0.3, -0.25) is 9.59 Å². The van der Waals surface area contributed by atoms with E-state index in [1.165, 1.54) is 6.07 Å². The second-order valence-electron chi connectivity index (χ2n) is 4.30. The van der Waals surface area contributed by atoms with Gasteiger partial charge in [0.25, 0.3) is 5.91 Å². The Bertz CT molecular complexity index is 659. The summed E-state index contributed by atoms with van der Waals surface area (Å²) in [6.07, 6.45) is 0. The number of carbonyl (C=O) groups excluding carboxylic acids is 1. The number of amides is 1. The molecule has 2 aromatic rings. The van der Waals surface area contributed by atoms with Crippen LogP contribution in [-0.4, -0.2) is 30.1 Å². The van der Waals surface area contributed by atoms with Gasteiger partial charge in [-0.15, -0.1) is 0 Å². The van der Waals surface area contributed by atoms with Crippen LogP contribution in [0.5, 0.6) is 0 Å². The van der Waals surface area contributed by atoms with Gasteiger partial charge in [-0.05, 0) is 12.1 Å². The summed E-state index contributed by atoms with van der Waals surface area (Å²) in [5, 5.41) is 3.37. The third-order valence-corrected chi connectivity index (χ3v) is 2.96. The van der Waals surface area contributed by atoms with Gasteiger partial charge in [0.1, 0.15) is 5.69 Å². The van der Waals surface area contributed by atoms with Crippen molar-refractivity contribution in [3.63, 3.8) is 0 Å². The van der Waals surface area contributed by atoms with Crippen LogP contribution in [0.1, 0.15) is 10.5 Å². The maximum Gasteiger partial charge on any atom is 0.268 e. The van der Waals surface area contributed by atoms with Gasteiger partial charge in [0.05, 0.1) is 19.3 Å². The van der Waals surface area contributed by atoms with Crippen LogP contribution in [0.25, 0.3) is 10.9 Å². The second kappa shape index (κ2) is 4.27. The van der Waals surface area contributed by atoms with E-state index in [0.717, 1.165) is 0 Å². The van der Waals surface area contributed by atoms with E-state index in [9.17, 15) is 9.59 Å². The van der Waals surface area contributed by atoms with Crippen LogP contribution < -0.4 is 10.7 Å². The Morgan fingerprint density at radius 2 is 2.11 bits per heavy atom. The smallest absolute Gasteiger partial charge is 0.268 e. The highest BCUT2D eigenvalue weighted by Crippen LogP contribution is 2.08. The zero-order chi connectivity index (χ0) is 12.5. The number of aromatic nitrogens is 1. The van der Waals surface area contributed by atoms with Crippen molar-refractivity contribution in [1.29, 1.82) is 0 Å². The summed E-state index contributed by atoms with van der Waals surface area (Å²) in [5.74, 6) is -0.272. The lowest BCUT2D eigenvalue weighted by atomic mass is 10.2. The van der Waals surface area contributed by atoms with Crippen LogP contribution in [0, 0.1) is 0 Å². The minimum absolute atomic E-state index is 0.0486. The molecule has 1 aliphatic heterocycles. The molecule has 0 aliphatic carbocycles. The molecule has 0 radical (unpaired) electrons. The molecule has 92 valence electrons. The highest BCUT2D eigenvalue weighted by molar-refractivity contribution is 5.95. The summed E-state index contributed by atoms with van der Waals surface area (Å²) in [6, 6.07) is 8.50. The summed E-state index contributed by atoms with van der Waals surface area (Å²) in [6.45, 7) is 1.06. The maximum atomic E-state index is 11.9. The minimum Gasteiger partial charge on any atom is -0.377 e. The first kappa shape index (κ1) is 11.0. The van der Waals surface area contributed by atoms with Crippen LogP contribution in [0.4, 0.5) is 0 Å². The number of pyridine rings is 1. The predicted molar refractivity (Wildman–Crippen MR) is 66.6 cm³/mol. The van der Waals surface area contributed by atoms with Gasteiger partial charge in [0.15, 0.2) is 5.43 Å². The van der Waals surface area contributed by atoms with E-state index in [2.05, 4.69) is 10.3 Å². The number of hydrogen-bond donors (Lipinski definition) is 2. The van der Waals surface area contributed by atoms with Gasteiger partial charge in [0.2, 0.25) is 0 Å². The lowest BCUT2D eigenvalue weighted by Crippen LogP contribution is -2.48. The van der Waals surface area contributed by atoms with Crippen LogP contribution in [-0.2, 0) is 4.74 Å². The highest BCUT2D eigenvalue weighted by Gasteiger charge is 2.21. The molecule has 1 aliphatic rings. The molecule has 1 amide bonds. The van der Waals surface area contributed by atoms with Gasteiger partial charge in [0, 0.05) is 17.0 Å². The maximum absolute atomic E-state index is 11.9. The fraction of sp³-hybridized carbons (Fsp3) is 0.231. The Morgan fingerprint density at radius 1 is 1.33 bits per heavy atom. The lowest BCUT2D eigenvalue weighted by Gasteiger charge is -2.26. The van der Waals surface area contributed by atoms with E-state index in [0.29, 0.717) is 24.1 Å². The molecule has 1 aromatic heterocycles. The fourth-order valence-electron chi connectivity index (χ4n) is 1.90. The molecule has 0 bridgehead atoms. The monoisotopic (exact) mass is 244 g/mol. The Labute approximate surface area is 103 Å². The SMILES string of the molecule is O=C(NC1COC1)c1cc(=O)c2ccccc2[nH]1. The number of aromatic amines is 1. The number of fused-ring (bicyclic) bond motifs is 1. The van der Waals surface area contributed by atoms with E-state index in [1.54, 1.807) is 18.2 Å². The zero-order valence-corrected chi connectivity index (χ0v) is 9.60. The normalized spacial score (nSPS) is 15.3. The molecule has 2 N–H and O–H groups in total. The van der Waals surface area contributed by atoms with Crippen LogP contribution >= 0.6 is 0 Å². The largest absolute Gasteiger partial charge is 0.377 e. The first-order chi connectivity index (χ1) is 8.74. The van der Waals surface area contributed by atoms with E-state index in [-0.39, 0.29) is 23.1 Å².